The van der Waals surface area contributed by atoms with E-state index in [2.05, 4.69) is 22.6 Å². The van der Waals surface area contributed by atoms with Crippen molar-refractivity contribution in [2.45, 2.75) is 65.1 Å². The molecule has 1 aliphatic rings. The fourth-order valence-corrected chi connectivity index (χ4v) is 3.62. The molecule has 1 saturated heterocycles. The lowest BCUT2D eigenvalue weighted by atomic mass is 10.1. The van der Waals surface area contributed by atoms with Gasteiger partial charge in [-0.15, -0.1) is 11.3 Å². The van der Waals surface area contributed by atoms with Crippen LogP contribution in [-0.4, -0.2) is 60.0 Å². The third kappa shape index (κ3) is 6.92. The lowest BCUT2D eigenvalue weighted by molar-refractivity contribution is -0.0355. The number of carbonyl (C=O) groups excluding carboxylic acids is 1. The van der Waals surface area contributed by atoms with Crippen molar-refractivity contribution in [1.82, 2.24) is 15.2 Å². The third-order valence-electron chi connectivity index (χ3n) is 3.98. The second kappa shape index (κ2) is 8.96. The van der Waals surface area contributed by atoms with Gasteiger partial charge < -0.3 is 19.7 Å². The summed E-state index contributed by atoms with van der Waals surface area (Å²) in [5.41, 5.74) is 0.607. The van der Waals surface area contributed by atoms with E-state index in [-0.39, 0.29) is 18.2 Å². The molecule has 2 heterocycles. The maximum atomic E-state index is 12.4. The highest BCUT2D eigenvalue weighted by atomic mass is 32.1. The predicted molar refractivity (Wildman–Crippen MR) is 100 cm³/mol. The Morgan fingerprint density at radius 1 is 1.56 bits per heavy atom. The van der Waals surface area contributed by atoms with Crippen LogP contribution in [0.5, 0.6) is 0 Å². The molecular weight excluding hydrogens is 338 g/mol. The molecular formula is C18H31N3O3S. The summed E-state index contributed by atoms with van der Waals surface area (Å²) in [6.45, 7) is 12.5. The van der Waals surface area contributed by atoms with E-state index in [0.29, 0.717) is 19.8 Å². The SMILES string of the molecule is Cc1csc(CCNC(C)CC2COCCN2C(=O)OC(C)(C)C)n1. The molecule has 1 N–H and O–H groups in total. The summed E-state index contributed by atoms with van der Waals surface area (Å²) in [5, 5.41) is 6.77. The zero-order valence-electron chi connectivity index (χ0n) is 16.0. The zero-order chi connectivity index (χ0) is 18.4. The lowest BCUT2D eigenvalue weighted by Gasteiger charge is -2.37. The van der Waals surface area contributed by atoms with Crippen molar-refractivity contribution in [2.75, 3.05) is 26.3 Å². The van der Waals surface area contributed by atoms with E-state index in [1.165, 1.54) is 0 Å². The first kappa shape index (κ1) is 20.1. The minimum absolute atomic E-state index is 0.0493. The maximum Gasteiger partial charge on any atom is 0.410 e. The van der Waals surface area contributed by atoms with Gasteiger partial charge in [0.05, 0.1) is 24.3 Å². The topological polar surface area (TPSA) is 63.7 Å². The van der Waals surface area contributed by atoms with Crippen LogP contribution < -0.4 is 5.32 Å². The molecule has 0 spiro atoms. The predicted octanol–water partition coefficient (Wildman–Crippen LogP) is 3.00. The second-order valence-corrected chi connectivity index (χ2v) is 8.57. The summed E-state index contributed by atoms with van der Waals surface area (Å²) < 4.78 is 11.1. The highest BCUT2D eigenvalue weighted by molar-refractivity contribution is 7.09. The van der Waals surface area contributed by atoms with Gasteiger partial charge in [-0.3, -0.25) is 0 Å². The first-order valence-electron chi connectivity index (χ1n) is 8.96. The minimum atomic E-state index is -0.477. The van der Waals surface area contributed by atoms with Gasteiger partial charge >= 0.3 is 6.09 Å². The zero-order valence-corrected chi connectivity index (χ0v) is 16.8. The highest BCUT2D eigenvalue weighted by Crippen LogP contribution is 2.17. The van der Waals surface area contributed by atoms with Crippen LogP contribution in [0.2, 0.25) is 0 Å². The molecule has 1 aliphatic heterocycles. The fourth-order valence-electron chi connectivity index (χ4n) is 2.85. The smallest absolute Gasteiger partial charge is 0.410 e. The summed E-state index contributed by atoms with van der Waals surface area (Å²) in [7, 11) is 0. The molecule has 0 aliphatic carbocycles. The first-order valence-corrected chi connectivity index (χ1v) is 9.84. The molecule has 0 radical (unpaired) electrons. The van der Waals surface area contributed by atoms with Gasteiger partial charge in [-0.25, -0.2) is 9.78 Å². The summed E-state index contributed by atoms with van der Waals surface area (Å²) in [4.78, 5) is 18.7. The summed E-state index contributed by atoms with van der Waals surface area (Å²) in [5.74, 6) is 0. The van der Waals surface area contributed by atoms with Crippen molar-refractivity contribution in [3.63, 3.8) is 0 Å². The van der Waals surface area contributed by atoms with Crippen LogP contribution in [0.1, 0.15) is 44.8 Å². The van der Waals surface area contributed by atoms with Crippen LogP contribution >= 0.6 is 11.3 Å². The molecule has 2 rings (SSSR count). The molecule has 1 amide bonds. The molecule has 1 aromatic rings. The Kier molecular flexibility index (Phi) is 7.22. The van der Waals surface area contributed by atoms with Gasteiger partial charge in [-0.2, -0.15) is 0 Å². The van der Waals surface area contributed by atoms with Gasteiger partial charge in [0.15, 0.2) is 0 Å². The van der Waals surface area contributed by atoms with Gasteiger partial charge in [0.2, 0.25) is 0 Å². The van der Waals surface area contributed by atoms with Gasteiger partial charge in [-0.1, -0.05) is 0 Å². The van der Waals surface area contributed by atoms with Crippen molar-refractivity contribution in [1.29, 1.82) is 0 Å². The number of hydrogen-bond donors (Lipinski definition) is 1. The number of aryl methyl sites for hydroxylation is 1. The number of morpholine rings is 1. The Hall–Kier alpha value is -1.18. The average Bonchev–Trinajstić information content (AvgIpc) is 2.91. The van der Waals surface area contributed by atoms with Crippen molar-refractivity contribution in [3.8, 4) is 0 Å². The molecule has 2 unspecified atom stereocenters. The number of ether oxygens (including phenoxy) is 2. The van der Waals surface area contributed by atoms with Crippen molar-refractivity contribution < 1.29 is 14.3 Å². The summed E-state index contributed by atoms with van der Waals surface area (Å²) >= 11 is 1.71. The van der Waals surface area contributed by atoms with Crippen molar-refractivity contribution >= 4 is 17.4 Å². The normalized spacial score (nSPS) is 19.7. The van der Waals surface area contributed by atoms with Gasteiger partial charge in [0.1, 0.15) is 5.60 Å². The van der Waals surface area contributed by atoms with Gasteiger partial charge in [-0.05, 0) is 41.0 Å². The van der Waals surface area contributed by atoms with E-state index < -0.39 is 5.60 Å². The Balaban J connectivity index is 1.80. The molecule has 25 heavy (non-hydrogen) atoms. The van der Waals surface area contributed by atoms with Crippen LogP contribution in [0.25, 0.3) is 0 Å². The summed E-state index contributed by atoms with van der Waals surface area (Å²) in [6.07, 6.45) is 1.53. The molecule has 142 valence electrons. The molecule has 1 fully saturated rings. The quantitative estimate of drug-likeness (QED) is 0.835. The van der Waals surface area contributed by atoms with E-state index in [9.17, 15) is 4.79 Å². The van der Waals surface area contributed by atoms with E-state index in [1.807, 2.05) is 32.6 Å². The van der Waals surface area contributed by atoms with Crippen molar-refractivity contribution in [3.05, 3.63) is 16.1 Å². The van der Waals surface area contributed by atoms with Crippen molar-refractivity contribution in [2.24, 2.45) is 0 Å². The van der Waals surface area contributed by atoms with E-state index in [0.717, 1.165) is 30.1 Å². The summed E-state index contributed by atoms with van der Waals surface area (Å²) in [6, 6.07) is 0.339. The van der Waals surface area contributed by atoms with Crippen LogP contribution in [-0.2, 0) is 15.9 Å². The first-order chi connectivity index (χ1) is 11.7. The molecule has 0 bridgehead atoms. The Bertz CT molecular complexity index is 556. The van der Waals surface area contributed by atoms with Crippen LogP contribution in [0, 0.1) is 6.92 Å². The van der Waals surface area contributed by atoms with Crippen LogP contribution in [0.15, 0.2) is 5.38 Å². The fraction of sp³-hybridized carbons (Fsp3) is 0.778. The molecule has 1 aromatic heterocycles. The Morgan fingerprint density at radius 2 is 2.32 bits per heavy atom. The number of hydrogen-bond acceptors (Lipinski definition) is 6. The van der Waals surface area contributed by atoms with Gasteiger partial charge in [0, 0.05) is 36.6 Å². The molecule has 6 nitrogen and oxygen atoms in total. The van der Waals surface area contributed by atoms with Crippen LogP contribution in [0.4, 0.5) is 4.79 Å². The minimum Gasteiger partial charge on any atom is -0.444 e. The molecule has 7 heteroatoms. The number of thiazole rings is 1. The van der Waals surface area contributed by atoms with Crippen LogP contribution in [0.3, 0.4) is 0 Å². The third-order valence-corrected chi connectivity index (χ3v) is 5.01. The number of carbonyl (C=O) groups is 1. The largest absolute Gasteiger partial charge is 0.444 e. The monoisotopic (exact) mass is 369 g/mol. The number of nitrogens with one attached hydrogen (secondary N) is 1. The van der Waals surface area contributed by atoms with E-state index in [1.54, 1.807) is 11.3 Å². The standard InChI is InChI=1S/C18H31N3O3S/c1-13(19-7-6-16-20-14(2)12-25-16)10-15-11-23-9-8-21(15)17(22)24-18(3,4)5/h12-13,15,19H,6-11H2,1-5H3. The van der Waals surface area contributed by atoms with Gasteiger partial charge in [0.25, 0.3) is 0 Å². The average molecular weight is 370 g/mol. The number of rotatable bonds is 6. The lowest BCUT2D eigenvalue weighted by Crippen LogP contribution is -2.52. The number of aromatic nitrogens is 1. The maximum absolute atomic E-state index is 12.4. The Labute approximate surface area is 154 Å². The second-order valence-electron chi connectivity index (χ2n) is 7.63. The molecule has 0 aromatic carbocycles. The highest BCUT2D eigenvalue weighted by Gasteiger charge is 2.31. The molecule has 0 saturated carbocycles. The molecule has 2 atom stereocenters. The number of amides is 1. The Morgan fingerprint density at radius 3 is 2.96 bits per heavy atom. The van der Waals surface area contributed by atoms with E-state index in [4.69, 9.17) is 9.47 Å². The number of nitrogens with zero attached hydrogens (tertiary/aromatic N) is 2. The van der Waals surface area contributed by atoms with E-state index >= 15 is 0 Å².